The Hall–Kier alpha value is -2.46. The van der Waals surface area contributed by atoms with E-state index in [0.29, 0.717) is 11.3 Å². The Balaban J connectivity index is 0.000000324. The number of benzene rings is 2. The number of fused-ring (bicyclic) bond motifs is 1. The summed E-state index contributed by atoms with van der Waals surface area (Å²) in [5, 5.41) is 21.4. The largest absolute Gasteiger partial charge is 2.00 e. The van der Waals surface area contributed by atoms with E-state index in [1.807, 2.05) is 67.2 Å². The summed E-state index contributed by atoms with van der Waals surface area (Å²) in [5.41, 5.74) is 5.79. The third-order valence-electron chi connectivity index (χ3n) is 4.85. The molecule has 1 heterocycles. The minimum absolute atomic E-state index is 0. The maximum Gasteiger partial charge on any atom is 2.00 e. The molecular formula is C25H30N4O2U. The van der Waals surface area contributed by atoms with Crippen LogP contribution in [0, 0.1) is 43.4 Å². The summed E-state index contributed by atoms with van der Waals surface area (Å²) in [5.74, 6) is 0.0584. The molecule has 0 saturated heterocycles. The van der Waals surface area contributed by atoms with E-state index in [4.69, 9.17) is 14.9 Å². The van der Waals surface area contributed by atoms with Gasteiger partial charge in [0.1, 0.15) is 0 Å². The van der Waals surface area contributed by atoms with Gasteiger partial charge in [0.15, 0.2) is 0 Å². The number of hydrogen-bond acceptors (Lipinski definition) is 4. The van der Waals surface area contributed by atoms with E-state index in [-0.39, 0.29) is 37.0 Å². The Kier molecular flexibility index (Phi) is 11.4. The zero-order valence-corrected chi connectivity index (χ0v) is 23.5. The molecule has 0 spiro atoms. The molecule has 166 valence electrons. The van der Waals surface area contributed by atoms with Crippen LogP contribution in [0.1, 0.15) is 29.3 Å². The minimum atomic E-state index is 0. The number of ether oxygens (including phenoxy) is 2. The van der Waals surface area contributed by atoms with E-state index in [2.05, 4.69) is 12.2 Å². The summed E-state index contributed by atoms with van der Waals surface area (Å²) < 4.78 is 11.9. The Morgan fingerprint density at radius 1 is 1.19 bits per heavy atom. The second-order valence-electron chi connectivity index (χ2n) is 7.06. The first-order chi connectivity index (χ1) is 14.8. The Labute approximate surface area is 214 Å². The minimum Gasteiger partial charge on any atom is -0.806 e. The maximum absolute atomic E-state index is 9.40. The maximum atomic E-state index is 9.40. The molecule has 7 heteroatoms. The molecule has 6 nitrogen and oxygen atoms in total. The van der Waals surface area contributed by atoms with E-state index >= 15 is 0 Å². The summed E-state index contributed by atoms with van der Waals surface area (Å²) in [6.45, 7) is 6.50. The fraction of sp³-hybridized carbons (Fsp3) is 0.240. The average Bonchev–Trinajstić information content (AvgIpc) is 3.10. The molecule has 0 aliphatic heterocycles. The first kappa shape index (κ1) is 27.6. The molecule has 0 unspecified atom stereocenters. The summed E-state index contributed by atoms with van der Waals surface area (Å²) in [7, 11) is 6.86. The number of hydrogen-bond donors (Lipinski definition) is 2. The molecule has 0 bridgehead atoms. The van der Waals surface area contributed by atoms with Gasteiger partial charge in [-0.2, -0.15) is 24.3 Å². The van der Waals surface area contributed by atoms with Crippen molar-refractivity contribution in [1.29, 1.82) is 5.41 Å². The van der Waals surface area contributed by atoms with Crippen molar-refractivity contribution >= 4 is 28.1 Å². The van der Waals surface area contributed by atoms with Gasteiger partial charge in [0.25, 0.3) is 0 Å². The molecule has 0 aliphatic rings. The molecule has 0 saturated carbocycles. The normalized spacial score (nSPS) is 10.6. The van der Waals surface area contributed by atoms with Gasteiger partial charge in [0.05, 0.1) is 20.5 Å². The van der Waals surface area contributed by atoms with Gasteiger partial charge in [0.2, 0.25) is 5.90 Å². The average molecular weight is 657 g/mol. The number of aromatic nitrogens is 1. The summed E-state index contributed by atoms with van der Waals surface area (Å²) >= 11 is 0. The zero-order chi connectivity index (χ0) is 23.0. The number of aryl methyl sites for hydroxylation is 1. The quantitative estimate of drug-likeness (QED) is 0.174. The third-order valence-corrected chi connectivity index (χ3v) is 4.85. The number of para-hydroxylation sites is 1. The third kappa shape index (κ3) is 6.77. The van der Waals surface area contributed by atoms with Gasteiger partial charge in [0, 0.05) is 35.8 Å². The Morgan fingerprint density at radius 2 is 1.88 bits per heavy atom. The monoisotopic (exact) mass is 656 g/mol. The van der Waals surface area contributed by atoms with Crippen molar-refractivity contribution in [2.75, 3.05) is 21.3 Å². The van der Waals surface area contributed by atoms with Crippen LogP contribution in [0.5, 0.6) is 0 Å². The van der Waals surface area contributed by atoms with Crippen LogP contribution in [-0.4, -0.2) is 37.4 Å². The molecule has 0 amide bonds. The topological polar surface area (TPSA) is 81.6 Å². The van der Waals surface area contributed by atoms with Crippen molar-refractivity contribution in [2.45, 2.75) is 13.5 Å². The SMILES string of the molecule is CC(=[N-])c1cc2ccccc2n1C.[CH2-]c1cc(CNC)ccc1/C(=C\OC)C(=N)OC.[U+2]. The molecule has 0 radical (unpaired) electrons. The van der Waals surface area contributed by atoms with Crippen LogP contribution in [0.25, 0.3) is 21.9 Å². The molecule has 0 atom stereocenters. The van der Waals surface area contributed by atoms with Crippen LogP contribution in [0.3, 0.4) is 0 Å². The van der Waals surface area contributed by atoms with E-state index in [9.17, 15) is 5.41 Å². The predicted octanol–water partition coefficient (Wildman–Crippen LogP) is 4.76. The second-order valence-corrected chi connectivity index (χ2v) is 7.06. The number of rotatable bonds is 6. The molecule has 0 fully saturated rings. The van der Waals surface area contributed by atoms with Crippen molar-refractivity contribution in [3.8, 4) is 0 Å². The molecule has 2 aromatic carbocycles. The number of nitrogens with one attached hydrogen (secondary N) is 2. The van der Waals surface area contributed by atoms with Gasteiger partial charge in [-0.3, -0.25) is 5.41 Å². The molecular weight excluding hydrogens is 626 g/mol. The zero-order valence-electron chi connectivity index (χ0n) is 19.3. The van der Waals surface area contributed by atoms with Crippen LogP contribution in [0.4, 0.5) is 0 Å². The molecule has 1 aromatic heterocycles. The van der Waals surface area contributed by atoms with Crippen molar-refractivity contribution in [1.82, 2.24) is 9.88 Å². The van der Waals surface area contributed by atoms with E-state index in [1.54, 1.807) is 14.0 Å². The van der Waals surface area contributed by atoms with Crippen molar-refractivity contribution in [2.24, 2.45) is 7.05 Å². The fourth-order valence-corrected chi connectivity index (χ4v) is 3.33. The standard InChI is InChI=1S/C14H19N2O2.C11H11N2.U/c1-10-7-11(8-16-2)5-6-12(10)13(9-17-3)14(15)18-4;1-8(12)11-7-9-5-3-4-6-10(9)13(11)2;/h5-7,9,15-16H,1,8H2,2-4H3;3-7H,1-2H3;/q2*-1;+2/b13-9+,15-14?;;. The fourth-order valence-electron chi connectivity index (χ4n) is 3.33. The number of methoxy groups -OCH3 is 2. The Bertz CT molecular complexity index is 1100. The molecule has 3 rings (SSSR count). The first-order valence-corrected chi connectivity index (χ1v) is 9.87. The summed E-state index contributed by atoms with van der Waals surface area (Å²) in [4.78, 5) is 0. The van der Waals surface area contributed by atoms with Crippen LogP contribution in [0.2, 0.25) is 0 Å². The van der Waals surface area contributed by atoms with Gasteiger partial charge >= 0.3 is 31.1 Å². The van der Waals surface area contributed by atoms with Gasteiger partial charge in [-0.25, -0.2) is 0 Å². The predicted molar refractivity (Wildman–Crippen MR) is 129 cm³/mol. The summed E-state index contributed by atoms with van der Waals surface area (Å²) in [6.07, 6.45) is 1.49. The van der Waals surface area contributed by atoms with E-state index in [1.165, 1.54) is 13.4 Å². The van der Waals surface area contributed by atoms with Crippen LogP contribution in [-0.2, 0) is 23.1 Å². The number of nitrogens with zero attached hydrogens (tertiary/aromatic N) is 2. The second kappa shape index (κ2) is 13.2. The summed E-state index contributed by atoms with van der Waals surface area (Å²) in [6, 6.07) is 16.0. The molecule has 2 N–H and O–H groups in total. The Morgan fingerprint density at radius 3 is 2.41 bits per heavy atom. The molecule has 32 heavy (non-hydrogen) atoms. The van der Waals surface area contributed by atoms with Gasteiger partial charge < -0.3 is 24.8 Å². The van der Waals surface area contributed by atoms with Crippen molar-refractivity contribution in [3.05, 3.63) is 89.5 Å². The van der Waals surface area contributed by atoms with Crippen LogP contribution < -0.4 is 5.32 Å². The smallest absolute Gasteiger partial charge is 0.806 e. The van der Waals surface area contributed by atoms with E-state index < -0.39 is 0 Å². The van der Waals surface area contributed by atoms with Crippen LogP contribution >= 0.6 is 0 Å². The van der Waals surface area contributed by atoms with E-state index in [0.717, 1.165) is 39.8 Å². The van der Waals surface area contributed by atoms with Gasteiger partial charge in [-0.1, -0.05) is 36.8 Å². The van der Waals surface area contributed by atoms with Gasteiger partial charge in [-0.15, -0.1) is 11.6 Å². The van der Waals surface area contributed by atoms with Gasteiger partial charge in [-0.05, 0) is 19.2 Å². The van der Waals surface area contributed by atoms with Crippen LogP contribution in [0.15, 0.2) is 54.8 Å². The first-order valence-electron chi connectivity index (χ1n) is 9.87. The van der Waals surface area contributed by atoms with Crippen molar-refractivity contribution < 1.29 is 40.6 Å². The van der Waals surface area contributed by atoms with Crippen molar-refractivity contribution in [3.63, 3.8) is 0 Å². The molecule has 0 aliphatic carbocycles. The molecule has 3 aromatic rings.